The van der Waals surface area contributed by atoms with Gasteiger partial charge in [-0.05, 0) is 37.9 Å². The van der Waals surface area contributed by atoms with Gasteiger partial charge in [0, 0.05) is 13.1 Å². The predicted octanol–water partition coefficient (Wildman–Crippen LogP) is 1.48. The molecule has 1 aliphatic rings. The van der Waals surface area contributed by atoms with Gasteiger partial charge in [0.25, 0.3) is 0 Å². The number of nitrogens with one attached hydrogen (secondary N) is 1. The lowest BCUT2D eigenvalue weighted by atomic mass is 9.90. The van der Waals surface area contributed by atoms with Gasteiger partial charge in [0.2, 0.25) is 0 Å². The summed E-state index contributed by atoms with van der Waals surface area (Å²) in [6.45, 7) is 4.97. The molecule has 0 aliphatic carbocycles. The van der Waals surface area contributed by atoms with E-state index in [4.69, 9.17) is 4.74 Å². The normalized spacial score (nSPS) is 22.6. The molecule has 6 heteroatoms. The molecule has 22 heavy (non-hydrogen) atoms. The molecule has 1 fully saturated rings. The molecule has 1 unspecified atom stereocenters. The van der Waals surface area contributed by atoms with Crippen molar-refractivity contribution in [1.29, 1.82) is 0 Å². The van der Waals surface area contributed by atoms with Crippen molar-refractivity contribution < 1.29 is 9.84 Å². The molecular weight excluding hydrogens is 280 g/mol. The molecule has 2 heterocycles. The molecule has 1 aliphatic heterocycles. The maximum atomic E-state index is 10.8. The van der Waals surface area contributed by atoms with Crippen LogP contribution in [-0.2, 0) is 5.60 Å². The maximum absolute atomic E-state index is 10.8. The average molecular weight is 302 g/mol. The quantitative estimate of drug-likeness (QED) is 0.875. The lowest BCUT2D eigenvalue weighted by Crippen LogP contribution is -2.47. The molecule has 0 bridgehead atoms. The van der Waals surface area contributed by atoms with Gasteiger partial charge < -0.3 is 9.84 Å². The minimum Gasteiger partial charge on any atom is -0.492 e. The first-order chi connectivity index (χ1) is 10.7. The van der Waals surface area contributed by atoms with Gasteiger partial charge >= 0.3 is 0 Å². The van der Waals surface area contributed by atoms with Gasteiger partial charge in [-0.2, -0.15) is 15.4 Å². The molecule has 0 radical (unpaired) electrons. The lowest BCUT2D eigenvalue weighted by Gasteiger charge is -2.37. The highest BCUT2D eigenvalue weighted by atomic mass is 16.5. The zero-order valence-corrected chi connectivity index (χ0v) is 12.8. The highest BCUT2D eigenvalue weighted by Gasteiger charge is 2.36. The van der Waals surface area contributed by atoms with Crippen molar-refractivity contribution in [2.75, 3.05) is 26.2 Å². The van der Waals surface area contributed by atoms with Gasteiger partial charge in [-0.25, -0.2) is 0 Å². The van der Waals surface area contributed by atoms with Gasteiger partial charge in [-0.3, -0.25) is 4.90 Å². The monoisotopic (exact) mass is 302 g/mol. The van der Waals surface area contributed by atoms with Crippen molar-refractivity contribution in [3.8, 4) is 5.75 Å². The summed E-state index contributed by atoms with van der Waals surface area (Å²) in [6, 6.07) is 8.01. The Kier molecular flexibility index (Phi) is 4.40. The summed E-state index contributed by atoms with van der Waals surface area (Å²) in [6.07, 6.45) is 3.26. The van der Waals surface area contributed by atoms with E-state index in [1.807, 2.05) is 31.2 Å². The molecular formula is C16H22N4O2. The number of H-pyrrole nitrogens is 1. The third kappa shape index (κ3) is 3.28. The summed E-state index contributed by atoms with van der Waals surface area (Å²) >= 11 is 0. The molecule has 1 saturated heterocycles. The van der Waals surface area contributed by atoms with E-state index in [1.165, 1.54) is 0 Å². The SMILES string of the molecule is Cc1ccccc1OCCN1CCCC(O)(c2cn[nH]n2)C1. The Morgan fingerprint density at radius 1 is 1.41 bits per heavy atom. The van der Waals surface area contributed by atoms with Crippen LogP contribution in [0.5, 0.6) is 5.75 Å². The van der Waals surface area contributed by atoms with Crippen LogP contribution in [0, 0.1) is 6.92 Å². The van der Waals surface area contributed by atoms with Crippen molar-refractivity contribution in [3.63, 3.8) is 0 Å². The third-order valence-electron chi connectivity index (χ3n) is 4.20. The Bertz CT molecular complexity index is 602. The zero-order chi connectivity index (χ0) is 15.4. The summed E-state index contributed by atoms with van der Waals surface area (Å²) < 4.78 is 5.84. The first-order valence-corrected chi connectivity index (χ1v) is 7.67. The van der Waals surface area contributed by atoms with Crippen LogP contribution in [0.2, 0.25) is 0 Å². The highest BCUT2D eigenvalue weighted by Crippen LogP contribution is 2.29. The maximum Gasteiger partial charge on any atom is 0.123 e. The fourth-order valence-electron chi connectivity index (χ4n) is 2.95. The van der Waals surface area contributed by atoms with Gasteiger partial charge in [0.15, 0.2) is 0 Å². The highest BCUT2D eigenvalue weighted by molar-refractivity contribution is 5.31. The number of hydrogen-bond acceptors (Lipinski definition) is 5. The van der Waals surface area contributed by atoms with Gasteiger partial charge in [-0.15, -0.1) is 0 Å². The molecule has 3 rings (SSSR count). The number of β-amino-alcohol motifs (C(OH)–C–C–N with tert-alkyl or cyclic N) is 1. The first kappa shape index (κ1) is 15.0. The summed E-state index contributed by atoms with van der Waals surface area (Å²) in [5, 5.41) is 21.2. The number of benzene rings is 1. The number of hydrogen-bond donors (Lipinski definition) is 2. The molecule has 2 N–H and O–H groups in total. The van der Waals surface area contributed by atoms with Crippen LogP contribution in [0.4, 0.5) is 0 Å². The Hall–Kier alpha value is -1.92. The number of aromatic nitrogens is 3. The number of aliphatic hydroxyl groups is 1. The van der Waals surface area contributed by atoms with Crippen LogP contribution >= 0.6 is 0 Å². The van der Waals surface area contributed by atoms with E-state index in [9.17, 15) is 5.11 Å². The van der Waals surface area contributed by atoms with E-state index in [2.05, 4.69) is 20.3 Å². The van der Waals surface area contributed by atoms with Crippen LogP contribution in [0.1, 0.15) is 24.1 Å². The summed E-state index contributed by atoms with van der Waals surface area (Å²) in [5.41, 5.74) is 0.853. The number of aryl methyl sites for hydroxylation is 1. The third-order valence-corrected chi connectivity index (χ3v) is 4.20. The Morgan fingerprint density at radius 3 is 3.05 bits per heavy atom. The Morgan fingerprint density at radius 2 is 2.27 bits per heavy atom. The molecule has 1 aromatic heterocycles. The van der Waals surface area contributed by atoms with Gasteiger partial charge in [0.1, 0.15) is 23.7 Å². The standard InChI is InChI=1S/C16H22N4O2/c1-13-5-2-3-6-14(13)22-10-9-20-8-4-7-16(21,12-20)15-11-17-19-18-15/h2-3,5-6,11,21H,4,7-10,12H2,1H3,(H,17,18,19). The van der Waals surface area contributed by atoms with Crippen LogP contribution in [0.15, 0.2) is 30.5 Å². The molecule has 1 aromatic carbocycles. The van der Waals surface area contributed by atoms with Crippen molar-refractivity contribution in [3.05, 3.63) is 41.7 Å². The van der Waals surface area contributed by atoms with Crippen molar-refractivity contribution >= 4 is 0 Å². The van der Waals surface area contributed by atoms with E-state index >= 15 is 0 Å². The number of nitrogens with zero attached hydrogens (tertiary/aromatic N) is 3. The summed E-state index contributed by atoms with van der Waals surface area (Å²) in [5.74, 6) is 0.922. The molecule has 6 nitrogen and oxygen atoms in total. The number of piperidine rings is 1. The number of aromatic amines is 1. The number of para-hydroxylation sites is 1. The largest absolute Gasteiger partial charge is 0.492 e. The van der Waals surface area contributed by atoms with E-state index in [0.29, 0.717) is 25.3 Å². The molecule has 1 atom stereocenters. The molecule has 118 valence electrons. The topological polar surface area (TPSA) is 74.3 Å². The van der Waals surface area contributed by atoms with Crippen LogP contribution < -0.4 is 4.74 Å². The van der Waals surface area contributed by atoms with Gasteiger partial charge in [-0.1, -0.05) is 18.2 Å². The second-order valence-electron chi connectivity index (χ2n) is 5.88. The number of likely N-dealkylation sites (tertiary alicyclic amines) is 1. The second-order valence-corrected chi connectivity index (χ2v) is 5.88. The molecule has 0 saturated carbocycles. The van der Waals surface area contributed by atoms with Crippen molar-refractivity contribution in [2.45, 2.75) is 25.4 Å². The zero-order valence-electron chi connectivity index (χ0n) is 12.8. The van der Waals surface area contributed by atoms with Crippen molar-refractivity contribution in [2.24, 2.45) is 0 Å². The molecule has 0 spiro atoms. The van der Waals surface area contributed by atoms with E-state index < -0.39 is 5.60 Å². The van der Waals surface area contributed by atoms with Gasteiger partial charge in [0.05, 0.1) is 6.20 Å². The lowest BCUT2D eigenvalue weighted by molar-refractivity contribution is -0.0412. The summed E-state index contributed by atoms with van der Waals surface area (Å²) in [7, 11) is 0. The Labute approximate surface area is 130 Å². The average Bonchev–Trinajstić information content (AvgIpc) is 3.05. The minimum absolute atomic E-state index is 0.566. The van der Waals surface area contributed by atoms with Crippen LogP contribution in [0.25, 0.3) is 0 Å². The van der Waals surface area contributed by atoms with E-state index in [1.54, 1.807) is 6.20 Å². The van der Waals surface area contributed by atoms with Crippen molar-refractivity contribution in [1.82, 2.24) is 20.3 Å². The molecule has 0 amide bonds. The van der Waals surface area contributed by atoms with E-state index in [0.717, 1.165) is 30.8 Å². The minimum atomic E-state index is -0.909. The number of ether oxygens (including phenoxy) is 1. The fraction of sp³-hybridized carbons (Fsp3) is 0.500. The Balaban J connectivity index is 1.54. The van der Waals surface area contributed by atoms with Crippen LogP contribution in [0.3, 0.4) is 0 Å². The first-order valence-electron chi connectivity index (χ1n) is 7.67. The smallest absolute Gasteiger partial charge is 0.123 e. The van der Waals surface area contributed by atoms with Crippen LogP contribution in [-0.4, -0.2) is 51.7 Å². The second kappa shape index (κ2) is 6.46. The molecule has 2 aromatic rings. The summed E-state index contributed by atoms with van der Waals surface area (Å²) in [4.78, 5) is 2.22. The van der Waals surface area contributed by atoms with E-state index in [-0.39, 0.29) is 0 Å². The predicted molar refractivity (Wildman–Crippen MR) is 82.6 cm³/mol. The number of rotatable bonds is 5. The fourth-order valence-corrected chi connectivity index (χ4v) is 2.95.